The van der Waals surface area contributed by atoms with Crippen molar-refractivity contribution < 1.29 is 9.84 Å². The van der Waals surface area contributed by atoms with Gasteiger partial charge in [0.2, 0.25) is 0 Å². The number of aromatic hydroxyl groups is 1. The van der Waals surface area contributed by atoms with Crippen LogP contribution in [0.15, 0.2) is 24.3 Å². The molecule has 0 radical (unpaired) electrons. The molecular weight excluding hydrogens is 202 g/mol. The first kappa shape index (κ1) is 13.0. The summed E-state index contributed by atoms with van der Waals surface area (Å²) < 4.78 is 5.37. The van der Waals surface area contributed by atoms with Crippen molar-refractivity contribution in [3.05, 3.63) is 29.8 Å². The summed E-state index contributed by atoms with van der Waals surface area (Å²) >= 11 is 0. The summed E-state index contributed by atoms with van der Waals surface area (Å²) in [5.74, 6) is 0.325. The molecule has 0 amide bonds. The van der Waals surface area contributed by atoms with Gasteiger partial charge in [-0.15, -0.1) is 0 Å². The Morgan fingerprint density at radius 1 is 1.31 bits per heavy atom. The average molecular weight is 223 g/mol. The second-order valence-corrected chi connectivity index (χ2v) is 3.81. The first-order valence-corrected chi connectivity index (χ1v) is 5.89. The van der Waals surface area contributed by atoms with Crippen molar-refractivity contribution in [1.82, 2.24) is 5.32 Å². The van der Waals surface area contributed by atoms with Gasteiger partial charge in [0.25, 0.3) is 0 Å². The summed E-state index contributed by atoms with van der Waals surface area (Å²) in [4.78, 5) is 0. The first-order chi connectivity index (χ1) is 7.83. The van der Waals surface area contributed by atoms with Crippen molar-refractivity contribution in [1.29, 1.82) is 0 Å². The zero-order valence-corrected chi connectivity index (χ0v) is 9.91. The van der Waals surface area contributed by atoms with Crippen molar-refractivity contribution in [2.24, 2.45) is 0 Å². The van der Waals surface area contributed by atoms with E-state index in [0.29, 0.717) is 5.75 Å². The molecule has 3 heteroatoms. The molecule has 1 aromatic carbocycles. The highest BCUT2D eigenvalue weighted by Gasteiger charge is 1.94. The highest BCUT2D eigenvalue weighted by atomic mass is 16.5. The standard InChI is InChI=1S/C13H21NO2/c1-2-8-16-9-4-7-14-11-12-5-3-6-13(15)10-12/h3,5-6,10,14-15H,2,4,7-9,11H2,1H3. The number of nitrogens with one attached hydrogen (secondary N) is 1. The Morgan fingerprint density at radius 3 is 2.94 bits per heavy atom. The number of phenolic OH excluding ortho intramolecular Hbond substituents is 1. The third-order valence-corrected chi connectivity index (χ3v) is 2.23. The van der Waals surface area contributed by atoms with E-state index in [1.165, 1.54) is 0 Å². The van der Waals surface area contributed by atoms with E-state index in [2.05, 4.69) is 12.2 Å². The minimum Gasteiger partial charge on any atom is -0.508 e. The summed E-state index contributed by atoms with van der Waals surface area (Å²) in [6, 6.07) is 7.32. The third-order valence-electron chi connectivity index (χ3n) is 2.23. The van der Waals surface area contributed by atoms with Gasteiger partial charge in [0.05, 0.1) is 0 Å². The van der Waals surface area contributed by atoms with Gasteiger partial charge in [0.15, 0.2) is 0 Å². The summed E-state index contributed by atoms with van der Waals surface area (Å²) in [5.41, 5.74) is 1.11. The normalized spacial score (nSPS) is 10.6. The van der Waals surface area contributed by atoms with Crippen LogP contribution in [0.25, 0.3) is 0 Å². The molecule has 0 fully saturated rings. The Labute approximate surface area is 97.4 Å². The average Bonchev–Trinajstić information content (AvgIpc) is 2.28. The van der Waals surface area contributed by atoms with E-state index in [-0.39, 0.29) is 0 Å². The molecule has 0 saturated heterocycles. The van der Waals surface area contributed by atoms with Crippen LogP contribution in [0.2, 0.25) is 0 Å². The van der Waals surface area contributed by atoms with Crippen LogP contribution >= 0.6 is 0 Å². The molecule has 2 N–H and O–H groups in total. The predicted octanol–water partition coefficient (Wildman–Crippen LogP) is 2.30. The maximum absolute atomic E-state index is 9.27. The van der Waals surface area contributed by atoms with Crippen LogP contribution in [0.5, 0.6) is 5.75 Å². The molecule has 0 aliphatic carbocycles. The van der Waals surface area contributed by atoms with Gasteiger partial charge in [-0.25, -0.2) is 0 Å². The Morgan fingerprint density at radius 2 is 2.19 bits per heavy atom. The van der Waals surface area contributed by atoms with Gasteiger partial charge >= 0.3 is 0 Å². The highest BCUT2D eigenvalue weighted by Crippen LogP contribution is 2.10. The Hall–Kier alpha value is -1.06. The number of phenols is 1. The maximum Gasteiger partial charge on any atom is 0.115 e. The Balaban J connectivity index is 2.03. The third kappa shape index (κ3) is 5.73. The zero-order chi connectivity index (χ0) is 11.6. The lowest BCUT2D eigenvalue weighted by atomic mass is 10.2. The lowest BCUT2D eigenvalue weighted by Crippen LogP contribution is -2.16. The van der Waals surface area contributed by atoms with Gasteiger partial charge in [-0.1, -0.05) is 19.1 Å². The second kappa shape index (κ2) is 8.13. The summed E-state index contributed by atoms with van der Waals surface area (Å²) in [5, 5.41) is 12.6. The molecule has 0 aromatic heterocycles. The Bertz CT molecular complexity index is 289. The smallest absolute Gasteiger partial charge is 0.115 e. The molecule has 90 valence electrons. The quantitative estimate of drug-likeness (QED) is 0.664. The largest absolute Gasteiger partial charge is 0.508 e. The van der Waals surface area contributed by atoms with Crippen LogP contribution in [0.4, 0.5) is 0 Å². The second-order valence-electron chi connectivity index (χ2n) is 3.81. The van der Waals surface area contributed by atoms with Gasteiger partial charge < -0.3 is 15.2 Å². The van der Waals surface area contributed by atoms with E-state index in [9.17, 15) is 5.11 Å². The monoisotopic (exact) mass is 223 g/mol. The van der Waals surface area contributed by atoms with Crippen molar-refractivity contribution in [2.45, 2.75) is 26.3 Å². The van der Waals surface area contributed by atoms with Crippen molar-refractivity contribution in [2.75, 3.05) is 19.8 Å². The molecule has 0 spiro atoms. The molecular formula is C13H21NO2. The van der Waals surface area contributed by atoms with E-state index >= 15 is 0 Å². The zero-order valence-electron chi connectivity index (χ0n) is 9.91. The molecule has 0 bridgehead atoms. The molecule has 3 nitrogen and oxygen atoms in total. The molecule has 0 unspecified atom stereocenters. The van der Waals surface area contributed by atoms with E-state index in [0.717, 1.165) is 44.7 Å². The number of rotatable bonds is 8. The van der Waals surface area contributed by atoms with Gasteiger partial charge in [0.1, 0.15) is 5.75 Å². The van der Waals surface area contributed by atoms with E-state index in [4.69, 9.17) is 4.74 Å². The van der Waals surface area contributed by atoms with Gasteiger partial charge in [-0.2, -0.15) is 0 Å². The van der Waals surface area contributed by atoms with Crippen LogP contribution in [0.1, 0.15) is 25.3 Å². The molecule has 0 aliphatic heterocycles. The molecule has 0 heterocycles. The fourth-order valence-corrected chi connectivity index (χ4v) is 1.44. The molecule has 0 aliphatic rings. The molecule has 16 heavy (non-hydrogen) atoms. The fourth-order valence-electron chi connectivity index (χ4n) is 1.44. The number of ether oxygens (including phenoxy) is 1. The fraction of sp³-hybridized carbons (Fsp3) is 0.538. The van der Waals surface area contributed by atoms with E-state index < -0.39 is 0 Å². The minimum absolute atomic E-state index is 0.325. The van der Waals surface area contributed by atoms with Crippen LogP contribution < -0.4 is 5.32 Å². The number of hydrogen-bond acceptors (Lipinski definition) is 3. The topological polar surface area (TPSA) is 41.5 Å². The molecule has 1 rings (SSSR count). The van der Waals surface area contributed by atoms with Crippen LogP contribution in [0, 0.1) is 0 Å². The van der Waals surface area contributed by atoms with E-state index in [1.807, 2.05) is 12.1 Å². The van der Waals surface area contributed by atoms with Crippen molar-refractivity contribution in [3.8, 4) is 5.75 Å². The summed E-state index contributed by atoms with van der Waals surface area (Å²) in [6.45, 7) is 5.52. The molecule has 1 aromatic rings. The SMILES string of the molecule is CCCOCCCNCc1cccc(O)c1. The highest BCUT2D eigenvalue weighted by molar-refractivity contribution is 5.26. The van der Waals surface area contributed by atoms with Crippen LogP contribution in [0.3, 0.4) is 0 Å². The van der Waals surface area contributed by atoms with Crippen LogP contribution in [-0.4, -0.2) is 24.9 Å². The van der Waals surface area contributed by atoms with Gasteiger partial charge in [0, 0.05) is 19.8 Å². The van der Waals surface area contributed by atoms with Crippen molar-refractivity contribution >= 4 is 0 Å². The number of hydrogen-bond donors (Lipinski definition) is 2. The predicted molar refractivity (Wildman–Crippen MR) is 65.5 cm³/mol. The maximum atomic E-state index is 9.27. The van der Waals surface area contributed by atoms with Crippen LogP contribution in [-0.2, 0) is 11.3 Å². The van der Waals surface area contributed by atoms with Crippen molar-refractivity contribution in [3.63, 3.8) is 0 Å². The van der Waals surface area contributed by atoms with E-state index in [1.54, 1.807) is 12.1 Å². The minimum atomic E-state index is 0.325. The lowest BCUT2D eigenvalue weighted by molar-refractivity contribution is 0.132. The number of benzene rings is 1. The summed E-state index contributed by atoms with van der Waals surface area (Å²) in [7, 11) is 0. The molecule has 0 atom stereocenters. The van der Waals surface area contributed by atoms with Gasteiger partial charge in [-0.3, -0.25) is 0 Å². The lowest BCUT2D eigenvalue weighted by Gasteiger charge is -2.05. The first-order valence-electron chi connectivity index (χ1n) is 5.89. The van der Waals surface area contributed by atoms with Gasteiger partial charge in [-0.05, 0) is 37.1 Å². The summed E-state index contributed by atoms with van der Waals surface area (Å²) in [6.07, 6.45) is 2.11. The molecule has 0 saturated carbocycles. The Kier molecular flexibility index (Phi) is 6.61.